The molecular formula is C16H19ClN2O2. The molecule has 0 spiro atoms. The number of nitrogens with zero attached hydrogens (tertiary/aromatic N) is 1. The predicted molar refractivity (Wildman–Crippen MR) is 80.9 cm³/mol. The van der Waals surface area contributed by atoms with Gasteiger partial charge in [0.2, 0.25) is 11.8 Å². The number of halogens is 1. The first-order valence-electron chi connectivity index (χ1n) is 7.48. The van der Waals surface area contributed by atoms with Crippen LogP contribution in [0, 0.1) is 5.92 Å². The molecule has 0 radical (unpaired) electrons. The third-order valence-electron chi connectivity index (χ3n) is 4.42. The summed E-state index contributed by atoms with van der Waals surface area (Å²) in [4.78, 5) is 26.5. The Bertz CT molecular complexity index is 557. The van der Waals surface area contributed by atoms with Crippen LogP contribution in [0.4, 0.5) is 0 Å². The first-order chi connectivity index (χ1) is 10.2. The van der Waals surface area contributed by atoms with Crippen LogP contribution in [0.15, 0.2) is 24.3 Å². The van der Waals surface area contributed by atoms with Crippen LogP contribution in [-0.2, 0) is 9.59 Å². The third kappa shape index (κ3) is 2.91. The minimum Gasteiger partial charge on any atom is -0.352 e. The van der Waals surface area contributed by atoms with Crippen molar-refractivity contribution in [3.63, 3.8) is 0 Å². The third-order valence-corrected chi connectivity index (χ3v) is 4.76. The monoisotopic (exact) mass is 306 g/mol. The predicted octanol–water partition coefficient (Wildman–Crippen LogP) is 2.53. The van der Waals surface area contributed by atoms with Crippen LogP contribution < -0.4 is 5.32 Å². The first kappa shape index (κ1) is 14.4. The first-order valence-corrected chi connectivity index (χ1v) is 7.86. The molecule has 1 aliphatic heterocycles. The molecule has 2 aliphatic rings. The lowest BCUT2D eigenvalue weighted by molar-refractivity contribution is -0.144. The van der Waals surface area contributed by atoms with Gasteiger partial charge in [-0.2, -0.15) is 0 Å². The molecule has 1 heterocycles. The number of carbonyl (C=O) groups is 2. The molecule has 1 N–H and O–H groups in total. The molecule has 1 saturated heterocycles. The van der Waals surface area contributed by atoms with Crippen molar-refractivity contribution in [1.29, 1.82) is 0 Å². The van der Waals surface area contributed by atoms with E-state index in [4.69, 9.17) is 11.6 Å². The van der Waals surface area contributed by atoms with Gasteiger partial charge in [-0.3, -0.25) is 9.59 Å². The number of hydrogen-bond donors (Lipinski definition) is 1. The van der Waals surface area contributed by atoms with E-state index in [-0.39, 0.29) is 11.8 Å². The highest BCUT2D eigenvalue weighted by Gasteiger charge is 2.36. The summed E-state index contributed by atoms with van der Waals surface area (Å²) in [6.45, 7) is 1.06. The molecule has 2 fully saturated rings. The summed E-state index contributed by atoms with van der Waals surface area (Å²) < 4.78 is 0. The number of nitrogens with one attached hydrogen (secondary N) is 1. The Hall–Kier alpha value is -1.55. The van der Waals surface area contributed by atoms with Gasteiger partial charge in [0.15, 0.2) is 0 Å². The van der Waals surface area contributed by atoms with Crippen molar-refractivity contribution in [2.75, 3.05) is 13.1 Å². The summed E-state index contributed by atoms with van der Waals surface area (Å²) in [7, 11) is 0. The van der Waals surface area contributed by atoms with Crippen molar-refractivity contribution >= 4 is 23.4 Å². The number of piperazine rings is 1. The zero-order valence-corrected chi connectivity index (χ0v) is 12.6. The molecule has 0 aromatic heterocycles. The normalized spacial score (nSPS) is 22.6. The molecule has 0 bridgehead atoms. The van der Waals surface area contributed by atoms with Crippen LogP contribution in [0.25, 0.3) is 0 Å². The van der Waals surface area contributed by atoms with Gasteiger partial charge >= 0.3 is 0 Å². The van der Waals surface area contributed by atoms with Crippen molar-refractivity contribution in [3.8, 4) is 0 Å². The number of benzene rings is 1. The van der Waals surface area contributed by atoms with Gasteiger partial charge in [0.05, 0.1) is 0 Å². The van der Waals surface area contributed by atoms with E-state index in [0.717, 1.165) is 12.8 Å². The largest absolute Gasteiger partial charge is 0.352 e. The van der Waals surface area contributed by atoms with Crippen LogP contribution in [0.3, 0.4) is 0 Å². The van der Waals surface area contributed by atoms with E-state index in [2.05, 4.69) is 5.32 Å². The summed E-state index contributed by atoms with van der Waals surface area (Å²) in [5, 5.41) is 3.36. The van der Waals surface area contributed by atoms with Gasteiger partial charge in [0.25, 0.3) is 0 Å². The maximum atomic E-state index is 12.5. The molecule has 1 aliphatic carbocycles. The molecular weight excluding hydrogens is 288 g/mol. The van der Waals surface area contributed by atoms with Crippen LogP contribution in [0.2, 0.25) is 5.02 Å². The summed E-state index contributed by atoms with van der Waals surface area (Å²) in [5.41, 5.74) is 0.707. The highest BCUT2D eigenvalue weighted by atomic mass is 35.5. The lowest BCUT2D eigenvalue weighted by atomic mass is 9.82. The second-order valence-electron chi connectivity index (χ2n) is 5.80. The van der Waals surface area contributed by atoms with Crippen molar-refractivity contribution in [2.45, 2.75) is 31.7 Å². The maximum absolute atomic E-state index is 12.5. The molecule has 2 amide bonds. The smallest absolute Gasteiger partial charge is 0.247 e. The van der Waals surface area contributed by atoms with E-state index in [1.807, 2.05) is 18.2 Å². The van der Waals surface area contributed by atoms with E-state index in [1.54, 1.807) is 11.0 Å². The Morgan fingerprint density at radius 2 is 2.10 bits per heavy atom. The highest BCUT2D eigenvalue weighted by Crippen LogP contribution is 2.33. The Labute approximate surface area is 129 Å². The minimum atomic E-state index is -0.597. The van der Waals surface area contributed by atoms with Crippen molar-refractivity contribution in [3.05, 3.63) is 34.9 Å². The van der Waals surface area contributed by atoms with E-state index in [9.17, 15) is 9.59 Å². The fraction of sp³-hybridized carbons (Fsp3) is 0.500. The zero-order valence-electron chi connectivity index (χ0n) is 11.8. The second-order valence-corrected chi connectivity index (χ2v) is 6.21. The topological polar surface area (TPSA) is 49.4 Å². The molecule has 0 unspecified atom stereocenters. The SMILES string of the molecule is O=C1NCCN(C(=O)CC2CCC2)[C@H]1c1ccccc1Cl. The second kappa shape index (κ2) is 6.06. The average Bonchev–Trinajstić information content (AvgIpc) is 2.43. The molecule has 5 heteroatoms. The van der Waals surface area contributed by atoms with Gasteiger partial charge in [-0.1, -0.05) is 36.2 Å². The molecule has 1 aromatic rings. The molecule has 21 heavy (non-hydrogen) atoms. The Morgan fingerprint density at radius 3 is 2.76 bits per heavy atom. The Kier molecular flexibility index (Phi) is 4.15. The number of carbonyl (C=O) groups excluding carboxylic acids is 2. The molecule has 1 atom stereocenters. The maximum Gasteiger partial charge on any atom is 0.247 e. The molecule has 112 valence electrons. The van der Waals surface area contributed by atoms with E-state index in [0.29, 0.717) is 36.0 Å². The summed E-state index contributed by atoms with van der Waals surface area (Å²) in [6.07, 6.45) is 4.02. The quantitative estimate of drug-likeness (QED) is 0.933. The van der Waals surface area contributed by atoms with Crippen LogP contribution >= 0.6 is 11.6 Å². The van der Waals surface area contributed by atoms with Gasteiger partial charge in [-0.15, -0.1) is 0 Å². The molecule has 4 nitrogen and oxygen atoms in total. The molecule has 1 saturated carbocycles. The number of amides is 2. The fourth-order valence-corrected chi connectivity index (χ4v) is 3.24. The zero-order chi connectivity index (χ0) is 14.8. The van der Waals surface area contributed by atoms with Gasteiger partial charge in [-0.05, 0) is 24.8 Å². The van der Waals surface area contributed by atoms with Crippen molar-refractivity contribution in [2.24, 2.45) is 5.92 Å². The van der Waals surface area contributed by atoms with Gasteiger partial charge < -0.3 is 10.2 Å². The molecule has 1 aromatic carbocycles. The van der Waals surface area contributed by atoms with Gasteiger partial charge in [0.1, 0.15) is 6.04 Å². The fourth-order valence-electron chi connectivity index (χ4n) is 3.00. The average molecular weight is 307 g/mol. The Balaban J connectivity index is 1.84. The number of hydrogen-bond acceptors (Lipinski definition) is 2. The van der Waals surface area contributed by atoms with Gasteiger partial charge in [0, 0.05) is 30.1 Å². The lowest BCUT2D eigenvalue weighted by Crippen LogP contribution is -2.52. The van der Waals surface area contributed by atoms with E-state index >= 15 is 0 Å². The standard InChI is InChI=1S/C16H19ClN2O2/c17-13-7-2-1-6-12(13)15-16(21)18-8-9-19(15)14(20)10-11-4-3-5-11/h1-2,6-7,11,15H,3-5,8-10H2,(H,18,21)/t15-/m0/s1. The number of rotatable bonds is 3. The van der Waals surface area contributed by atoms with Crippen LogP contribution in [0.5, 0.6) is 0 Å². The summed E-state index contributed by atoms with van der Waals surface area (Å²) in [5.74, 6) is 0.421. The van der Waals surface area contributed by atoms with E-state index in [1.165, 1.54) is 6.42 Å². The summed E-state index contributed by atoms with van der Waals surface area (Å²) in [6, 6.07) is 6.65. The Morgan fingerprint density at radius 1 is 1.33 bits per heavy atom. The van der Waals surface area contributed by atoms with Crippen molar-refractivity contribution < 1.29 is 9.59 Å². The van der Waals surface area contributed by atoms with Crippen LogP contribution in [-0.4, -0.2) is 29.8 Å². The molecule has 3 rings (SSSR count). The van der Waals surface area contributed by atoms with Crippen LogP contribution in [0.1, 0.15) is 37.3 Å². The van der Waals surface area contributed by atoms with Gasteiger partial charge in [-0.25, -0.2) is 0 Å². The van der Waals surface area contributed by atoms with E-state index < -0.39 is 6.04 Å². The highest BCUT2D eigenvalue weighted by molar-refractivity contribution is 6.31. The summed E-state index contributed by atoms with van der Waals surface area (Å²) >= 11 is 6.22. The van der Waals surface area contributed by atoms with Crippen molar-refractivity contribution in [1.82, 2.24) is 10.2 Å². The minimum absolute atomic E-state index is 0.0690. The lowest BCUT2D eigenvalue weighted by Gasteiger charge is -2.37.